The first-order valence-corrected chi connectivity index (χ1v) is 7.46. The summed E-state index contributed by atoms with van der Waals surface area (Å²) in [6, 6.07) is 14.6. The van der Waals surface area contributed by atoms with Crippen LogP contribution >= 0.6 is 11.8 Å². The summed E-state index contributed by atoms with van der Waals surface area (Å²) in [5, 5.41) is 0. The molecule has 0 atom stereocenters. The maximum Gasteiger partial charge on any atom is 0.218 e. The molecule has 2 aromatic carbocycles. The number of hydrogen-bond acceptors (Lipinski definition) is 4. The van der Waals surface area contributed by atoms with E-state index in [1.165, 1.54) is 16.7 Å². The summed E-state index contributed by atoms with van der Waals surface area (Å²) in [5.74, 6) is 0.502. The molecule has 5 heteroatoms. The lowest BCUT2D eigenvalue weighted by molar-refractivity contribution is -0.107. The van der Waals surface area contributed by atoms with Crippen LogP contribution in [0.1, 0.15) is 10.4 Å². The fourth-order valence-corrected chi connectivity index (χ4v) is 3.28. The molecule has 0 radical (unpaired) electrons. The highest BCUT2D eigenvalue weighted by atomic mass is 32.2. The average Bonchev–Trinajstić information content (AvgIpc) is 2.89. The van der Waals surface area contributed by atoms with Crippen molar-refractivity contribution in [3.05, 3.63) is 65.2 Å². The molecule has 4 nitrogen and oxygen atoms in total. The molecule has 0 unspecified atom stereocenters. The second kappa shape index (κ2) is 6.07. The van der Waals surface area contributed by atoms with Gasteiger partial charge in [0.15, 0.2) is 0 Å². The van der Waals surface area contributed by atoms with Crippen LogP contribution in [0.15, 0.2) is 64.5 Å². The Balaban J connectivity index is 1.97. The molecule has 0 spiro atoms. The van der Waals surface area contributed by atoms with Crippen molar-refractivity contribution in [2.75, 3.05) is 12.0 Å². The fourth-order valence-electron chi connectivity index (χ4n) is 2.25. The van der Waals surface area contributed by atoms with Gasteiger partial charge in [0.25, 0.3) is 0 Å². The van der Waals surface area contributed by atoms with Gasteiger partial charge in [-0.05, 0) is 24.3 Å². The van der Waals surface area contributed by atoms with E-state index >= 15 is 0 Å². The molecular formula is C17H13NO3S. The number of ether oxygens (including phenoxy) is 1. The van der Waals surface area contributed by atoms with Crippen LogP contribution < -0.4 is 9.64 Å². The van der Waals surface area contributed by atoms with Crippen LogP contribution in [0.4, 0.5) is 5.69 Å². The normalized spacial score (nSPS) is 14.8. The Labute approximate surface area is 132 Å². The van der Waals surface area contributed by atoms with Crippen molar-refractivity contribution in [3.8, 4) is 5.75 Å². The number of carbonyl (C=O) groups is 2. The second-order valence-electron chi connectivity index (χ2n) is 4.61. The van der Waals surface area contributed by atoms with Gasteiger partial charge < -0.3 is 4.74 Å². The molecule has 1 aliphatic heterocycles. The molecule has 1 amide bonds. The summed E-state index contributed by atoms with van der Waals surface area (Å²) in [7, 11) is 1.54. The van der Waals surface area contributed by atoms with E-state index in [-0.39, 0.29) is 5.78 Å². The minimum Gasteiger partial charge on any atom is -0.495 e. The summed E-state index contributed by atoms with van der Waals surface area (Å²) in [4.78, 5) is 26.6. The van der Waals surface area contributed by atoms with Crippen molar-refractivity contribution in [2.24, 2.45) is 0 Å². The first kappa shape index (κ1) is 14.4. The first-order chi connectivity index (χ1) is 10.7. The Hall–Kier alpha value is -2.53. The number of carbonyl (C=O) groups excluding carboxylic acids is 2. The number of rotatable bonds is 4. The van der Waals surface area contributed by atoms with Crippen LogP contribution in [0.3, 0.4) is 0 Å². The van der Waals surface area contributed by atoms with Crippen LogP contribution in [-0.2, 0) is 4.79 Å². The largest absolute Gasteiger partial charge is 0.495 e. The quantitative estimate of drug-likeness (QED) is 0.640. The lowest BCUT2D eigenvalue weighted by Crippen LogP contribution is -2.15. The van der Waals surface area contributed by atoms with Gasteiger partial charge in [0.1, 0.15) is 5.75 Å². The molecule has 0 aromatic heterocycles. The molecule has 3 rings (SSSR count). The third kappa shape index (κ3) is 2.51. The summed E-state index contributed by atoms with van der Waals surface area (Å²) in [5.41, 5.74) is 1.27. The van der Waals surface area contributed by atoms with Gasteiger partial charge in [-0.3, -0.25) is 14.5 Å². The lowest BCUT2D eigenvalue weighted by Gasteiger charge is -2.16. The monoisotopic (exact) mass is 311 g/mol. The van der Waals surface area contributed by atoms with E-state index in [4.69, 9.17) is 4.74 Å². The first-order valence-electron chi connectivity index (χ1n) is 6.64. The summed E-state index contributed by atoms with van der Waals surface area (Å²) in [6.07, 6.45) is 2.22. The third-order valence-electron chi connectivity index (χ3n) is 3.31. The van der Waals surface area contributed by atoms with Gasteiger partial charge in [-0.2, -0.15) is 0 Å². The van der Waals surface area contributed by atoms with Crippen molar-refractivity contribution in [3.63, 3.8) is 0 Å². The number of Topliss-reactive ketones (excluding diaryl/α,β-unsaturated/α-hetero) is 1. The molecule has 1 aliphatic rings. The number of methoxy groups -OCH3 is 1. The molecule has 1 heterocycles. The number of ketones is 1. The number of amides is 1. The van der Waals surface area contributed by atoms with E-state index in [1.807, 2.05) is 30.3 Å². The molecule has 0 aliphatic carbocycles. The van der Waals surface area contributed by atoms with Crippen molar-refractivity contribution in [1.82, 2.24) is 0 Å². The Morgan fingerprint density at radius 3 is 2.55 bits per heavy atom. The van der Waals surface area contributed by atoms with Crippen molar-refractivity contribution in [1.29, 1.82) is 0 Å². The van der Waals surface area contributed by atoms with E-state index < -0.39 is 0 Å². The number of allylic oxidation sites excluding steroid dienone is 1. The number of para-hydroxylation sites is 2. The van der Waals surface area contributed by atoms with E-state index in [2.05, 4.69) is 0 Å². The Morgan fingerprint density at radius 2 is 1.82 bits per heavy atom. The standard InChI is InChI=1S/C17H13NO3S/c1-21-14-8-4-3-7-13(14)18(11-19)10-16-17(20)12-6-2-5-9-15(12)22-16/h2-11H,1H3/b16-10+. The Kier molecular flexibility index (Phi) is 3.98. The molecule has 110 valence electrons. The van der Waals surface area contributed by atoms with Gasteiger partial charge in [0.05, 0.1) is 17.7 Å². The van der Waals surface area contributed by atoms with Crippen molar-refractivity contribution >= 4 is 29.6 Å². The molecule has 0 fully saturated rings. The summed E-state index contributed by atoms with van der Waals surface area (Å²) >= 11 is 1.37. The maximum atomic E-state index is 12.4. The molecular weight excluding hydrogens is 298 g/mol. The van der Waals surface area contributed by atoms with E-state index in [0.717, 1.165) is 4.90 Å². The Bertz CT molecular complexity index is 770. The zero-order chi connectivity index (χ0) is 15.5. The van der Waals surface area contributed by atoms with Crippen molar-refractivity contribution < 1.29 is 14.3 Å². The van der Waals surface area contributed by atoms with Gasteiger partial charge in [-0.15, -0.1) is 0 Å². The molecule has 0 saturated carbocycles. The number of anilines is 1. The minimum absolute atomic E-state index is 0.0673. The molecule has 0 bridgehead atoms. The second-order valence-corrected chi connectivity index (χ2v) is 5.69. The van der Waals surface area contributed by atoms with Crippen molar-refractivity contribution in [2.45, 2.75) is 4.90 Å². The maximum absolute atomic E-state index is 12.4. The van der Waals surface area contributed by atoms with Crippen LogP contribution in [0.2, 0.25) is 0 Å². The lowest BCUT2D eigenvalue weighted by atomic mass is 10.1. The van der Waals surface area contributed by atoms with E-state index in [0.29, 0.717) is 28.3 Å². The zero-order valence-electron chi connectivity index (χ0n) is 11.9. The minimum atomic E-state index is -0.0673. The van der Waals surface area contributed by atoms with Gasteiger partial charge in [-0.1, -0.05) is 36.0 Å². The summed E-state index contributed by atoms with van der Waals surface area (Å²) in [6.45, 7) is 0. The molecule has 0 saturated heterocycles. The molecule has 0 N–H and O–H groups in total. The van der Waals surface area contributed by atoms with Crippen LogP contribution in [-0.4, -0.2) is 19.3 Å². The number of fused-ring (bicyclic) bond motifs is 1. The smallest absolute Gasteiger partial charge is 0.218 e. The highest BCUT2D eigenvalue weighted by Gasteiger charge is 2.26. The number of thioether (sulfide) groups is 1. The van der Waals surface area contributed by atoms with Gasteiger partial charge in [0, 0.05) is 16.7 Å². The average molecular weight is 311 g/mol. The highest BCUT2D eigenvalue weighted by molar-refractivity contribution is 8.04. The SMILES string of the molecule is COc1ccccc1N(C=O)/C=C1/Sc2ccccc2C1=O. The molecule has 22 heavy (non-hydrogen) atoms. The topological polar surface area (TPSA) is 46.6 Å². The number of nitrogens with zero attached hydrogens (tertiary/aromatic N) is 1. The predicted octanol–water partition coefficient (Wildman–Crippen LogP) is 3.49. The Morgan fingerprint density at radius 1 is 1.09 bits per heavy atom. The van der Waals surface area contributed by atoms with Crippen LogP contribution in [0.5, 0.6) is 5.75 Å². The number of benzene rings is 2. The summed E-state index contributed by atoms with van der Waals surface area (Å²) < 4.78 is 5.26. The van der Waals surface area contributed by atoms with Gasteiger partial charge >= 0.3 is 0 Å². The van der Waals surface area contributed by atoms with E-state index in [1.54, 1.807) is 31.5 Å². The predicted molar refractivity (Wildman–Crippen MR) is 86.2 cm³/mol. The van der Waals surface area contributed by atoms with E-state index in [9.17, 15) is 9.59 Å². The highest BCUT2D eigenvalue weighted by Crippen LogP contribution is 2.40. The van der Waals surface area contributed by atoms with Crippen LogP contribution in [0, 0.1) is 0 Å². The molecule has 2 aromatic rings. The fraction of sp³-hybridized carbons (Fsp3) is 0.0588. The zero-order valence-corrected chi connectivity index (χ0v) is 12.7. The van der Waals surface area contributed by atoms with Gasteiger partial charge in [-0.25, -0.2) is 0 Å². The number of hydrogen-bond donors (Lipinski definition) is 0. The van der Waals surface area contributed by atoms with Crippen LogP contribution in [0.25, 0.3) is 0 Å². The van der Waals surface area contributed by atoms with Gasteiger partial charge in [0.2, 0.25) is 12.2 Å². The third-order valence-corrected chi connectivity index (χ3v) is 4.40.